The molecule has 0 aromatic heterocycles. The fraction of sp³-hybridized carbons (Fsp3) is 0.316. The van der Waals surface area contributed by atoms with Crippen LogP contribution in [0.2, 0.25) is 10.0 Å². The van der Waals surface area contributed by atoms with Gasteiger partial charge in [-0.3, -0.25) is 4.79 Å². The standard InChI is InChI=1S/C19H19Cl2NO3/c20-14-7-8-16(17(21)10-14)19(24)22(12-15-5-3-9-25-15)11-13-4-1-2-6-18(13)23/h1-2,4,6-8,10,15,23H,3,5,9,11-12H2. The van der Waals surface area contributed by atoms with Crippen LogP contribution in [0.15, 0.2) is 42.5 Å². The van der Waals surface area contributed by atoms with Crippen molar-refractivity contribution >= 4 is 29.1 Å². The lowest BCUT2D eigenvalue weighted by molar-refractivity contribution is 0.0506. The van der Waals surface area contributed by atoms with Crippen LogP contribution in [0.25, 0.3) is 0 Å². The van der Waals surface area contributed by atoms with E-state index in [1.54, 1.807) is 41.3 Å². The first-order valence-electron chi connectivity index (χ1n) is 8.17. The molecule has 0 bridgehead atoms. The monoisotopic (exact) mass is 379 g/mol. The first-order valence-corrected chi connectivity index (χ1v) is 8.93. The van der Waals surface area contributed by atoms with Crippen LogP contribution in [0.4, 0.5) is 0 Å². The van der Waals surface area contributed by atoms with Gasteiger partial charge in [-0.15, -0.1) is 0 Å². The van der Waals surface area contributed by atoms with Gasteiger partial charge in [-0.2, -0.15) is 0 Å². The Hall–Kier alpha value is -1.75. The number of rotatable bonds is 5. The summed E-state index contributed by atoms with van der Waals surface area (Å²) in [4.78, 5) is 14.7. The summed E-state index contributed by atoms with van der Waals surface area (Å²) >= 11 is 12.1. The summed E-state index contributed by atoms with van der Waals surface area (Å²) in [5, 5.41) is 10.8. The van der Waals surface area contributed by atoms with E-state index in [9.17, 15) is 9.90 Å². The number of benzene rings is 2. The minimum Gasteiger partial charge on any atom is -0.508 e. The Labute approximate surface area is 156 Å². The van der Waals surface area contributed by atoms with Crippen molar-refractivity contribution in [3.05, 3.63) is 63.6 Å². The zero-order chi connectivity index (χ0) is 17.8. The van der Waals surface area contributed by atoms with Gasteiger partial charge in [0.1, 0.15) is 5.75 Å². The summed E-state index contributed by atoms with van der Waals surface area (Å²) in [6.45, 7) is 1.45. The lowest BCUT2D eigenvalue weighted by Crippen LogP contribution is -2.37. The molecular formula is C19H19Cl2NO3. The highest BCUT2D eigenvalue weighted by molar-refractivity contribution is 6.36. The number of aromatic hydroxyl groups is 1. The van der Waals surface area contributed by atoms with Gasteiger partial charge in [0, 0.05) is 30.3 Å². The van der Waals surface area contributed by atoms with Gasteiger partial charge in [-0.25, -0.2) is 0 Å². The number of hydrogen-bond donors (Lipinski definition) is 1. The van der Waals surface area contributed by atoms with Crippen molar-refractivity contribution in [2.24, 2.45) is 0 Å². The van der Waals surface area contributed by atoms with Crippen LogP contribution in [-0.4, -0.2) is 35.2 Å². The Balaban J connectivity index is 1.86. The number of ether oxygens (including phenoxy) is 1. The van der Waals surface area contributed by atoms with Crippen LogP contribution < -0.4 is 0 Å². The van der Waals surface area contributed by atoms with Crippen LogP contribution in [0.1, 0.15) is 28.8 Å². The van der Waals surface area contributed by atoms with Crippen molar-refractivity contribution in [3.63, 3.8) is 0 Å². The maximum absolute atomic E-state index is 13.0. The van der Waals surface area contributed by atoms with Crippen molar-refractivity contribution < 1.29 is 14.6 Å². The Morgan fingerprint density at radius 1 is 1.24 bits per heavy atom. The molecule has 1 unspecified atom stereocenters. The molecule has 0 spiro atoms. The topological polar surface area (TPSA) is 49.8 Å². The van der Waals surface area contributed by atoms with E-state index in [-0.39, 0.29) is 24.3 Å². The third-order valence-corrected chi connectivity index (χ3v) is 4.80. The minimum atomic E-state index is -0.208. The van der Waals surface area contributed by atoms with Crippen molar-refractivity contribution in [1.29, 1.82) is 0 Å². The molecule has 0 radical (unpaired) electrons. The first-order chi connectivity index (χ1) is 12.0. The molecular weight excluding hydrogens is 361 g/mol. The van der Waals surface area contributed by atoms with Crippen LogP contribution in [-0.2, 0) is 11.3 Å². The molecule has 0 aliphatic carbocycles. The number of carbonyl (C=O) groups is 1. The molecule has 1 amide bonds. The van der Waals surface area contributed by atoms with Gasteiger partial charge in [0.15, 0.2) is 0 Å². The Morgan fingerprint density at radius 2 is 2.04 bits per heavy atom. The smallest absolute Gasteiger partial charge is 0.255 e. The molecule has 2 aromatic carbocycles. The van der Waals surface area contributed by atoms with E-state index in [0.29, 0.717) is 34.3 Å². The predicted molar refractivity (Wildman–Crippen MR) is 98.3 cm³/mol. The molecule has 1 aliphatic heterocycles. The second-order valence-corrected chi connectivity index (χ2v) is 6.92. The van der Waals surface area contributed by atoms with Crippen molar-refractivity contribution in [2.45, 2.75) is 25.5 Å². The molecule has 1 heterocycles. The van der Waals surface area contributed by atoms with E-state index in [2.05, 4.69) is 0 Å². The number of hydrogen-bond acceptors (Lipinski definition) is 3. The van der Waals surface area contributed by atoms with Gasteiger partial charge in [0.2, 0.25) is 0 Å². The lowest BCUT2D eigenvalue weighted by atomic mass is 10.1. The fourth-order valence-corrected chi connectivity index (χ4v) is 3.43. The molecule has 1 fully saturated rings. The van der Waals surface area contributed by atoms with Crippen molar-refractivity contribution in [3.8, 4) is 5.75 Å². The lowest BCUT2D eigenvalue weighted by Gasteiger charge is -2.26. The normalized spacial score (nSPS) is 16.8. The van der Waals surface area contributed by atoms with Crippen LogP contribution in [0.3, 0.4) is 0 Å². The summed E-state index contributed by atoms with van der Waals surface area (Å²) in [6, 6.07) is 11.8. The molecule has 132 valence electrons. The Kier molecular flexibility index (Phi) is 5.84. The van der Waals surface area contributed by atoms with E-state index in [4.69, 9.17) is 27.9 Å². The van der Waals surface area contributed by atoms with E-state index in [1.807, 2.05) is 6.07 Å². The number of halogens is 2. The third kappa shape index (κ3) is 4.46. The number of para-hydroxylation sites is 1. The van der Waals surface area contributed by atoms with Crippen LogP contribution in [0.5, 0.6) is 5.75 Å². The second-order valence-electron chi connectivity index (χ2n) is 6.07. The SMILES string of the molecule is O=C(c1ccc(Cl)cc1Cl)N(Cc1ccccc1O)CC1CCCO1. The second kappa shape index (κ2) is 8.09. The highest BCUT2D eigenvalue weighted by Crippen LogP contribution is 2.26. The Bertz CT molecular complexity index is 760. The maximum atomic E-state index is 13.0. The molecule has 1 saturated heterocycles. The quantitative estimate of drug-likeness (QED) is 0.830. The van der Waals surface area contributed by atoms with E-state index in [1.165, 1.54) is 0 Å². The van der Waals surface area contributed by atoms with E-state index < -0.39 is 0 Å². The van der Waals surface area contributed by atoms with Gasteiger partial charge in [-0.05, 0) is 37.1 Å². The summed E-state index contributed by atoms with van der Waals surface area (Å²) in [5.74, 6) is -0.0461. The van der Waals surface area contributed by atoms with Crippen LogP contribution in [0, 0.1) is 0 Å². The van der Waals surface area contributed by atoms with Gasteiger partial charge in [-0.1, -0.05) is 41.4 Å². The molecule has 1 atom stereocenters. The van der Waals surface area contributed by atoms with Gasteiger partial charge >= 0.3 is 0 Å². The molecule has 25 heavy (non-hydrogen) atoms. The molecule has 6 heteroatoms. The zero-order valence-corrected chi connectivity index (χ0v) is 15.1. The number of carbonyl (C=O) groups excluding carboxylic acids is 1. The fourth-order valence-electron chi connectivity index (χ4n) is 2.94. The molecule has 4 nitrogen and oxygen atoms in total. The molecule has 3 rings (SSSR count). The maximum Gasteiger partial charge on any atom is 0.255 e. The zero-order valence-electron chi connectivity index (χ0n) is 13.6. The molecule has 1 N–H and O–H groups in total. The van der Waals surface area contributed by atoms with Gasteiger partial charge < -0.3 is 14.7 Å². The highest BCUT2D eigenvalue weighted by Gasteiger charge is 2.25. The minimum absolute atomic E-state index is 0.000816. The summed E-state index contributed by atoms with van der Waals surface area (Å²) in [5.41, 5.74) is 1.07. The van der Waals surface area contributed by atoms with Crippen LogP contribution >= 0.6 is 23.2 Å². The largest absolute Gasteiger partial charge is 0.508 e. The van der Waals surface area contributed by atoms with Gasteiger partial charge in [0.05, 0.1) is 16.7 Å². The third-order valence-electron chi connectivity index (χ3n) is 4.25. The predicted octanol–water partition coefficient (Wildman–Crippen LogP) is 4.52. The Morgan fingerprint density at radius 3 is 2.72 bits per heavy atom. The summed E-state index contributed by atoms with van der Waals surface area (Å²) in [7, 11) is 0. The number of phenolic OH excluding ortho intramolecular Hbond substituents is 1. The van der Waals surface area contributed by atoms with Crippen molar-refractivity contribution in [2.75, 3.05) is 13.2 Å². The average Bonchev–Trinajstić information content (AvgIpc) is 3.09. The molecule has 2 aromatic rings. The van der Waals surface area contributed by atoms with Gasteiger partial charge in [0.25, 0.3) is 5.91 Å². The summed E-state index contributed by atoms with van der Waals surface area (Å²) in [6.07, 6.45) is 1.91. The summed E-state index contributed by atoms with van der Waals surface area (Å²) < 4.78 is 5.68. The average molecular weight is 380 g/mol. The van der Waals surface area contributed by atoms with E-state index in [0.717, 1.165) is 12.8 Å². The van der Waals surface area contributed by atoms with E-state index >= 15 is 0 Å². The molecule has 1 aliphatic rings. The molecule has 0 saturated carbocycles. The first kappa shape index (κ1) is 18.1. The number of nitrogens with zero attached hydrogens (tertiary/aromatic N) is 1. The number of phenols is 1. The van der Waals surface area contributed by atoms with Crippen molar-refractivity contribution in [1.82, 2.24) is 4.90 Å². The number of amides is 1. The highest BCUT2D eigenvalue weighted by atomic mass is 35.5.